The summed E-state index contributed by atoms with van der Waals surface area (Å²) in [6.07, 6.45) is 0. The zero-order valence-electron chi connectivity index (χ0n) is 12.5. The highest BCUT2D eigenvalue weighted by Gasteiger charge is 2.28. The van der Waals surface area contributed by atoms with Crippen molar-refractivity contribution in [1.82, 2.24) is 15.5 Å². The highest BCUT2D eigenvalue weighted by atomic mass is 35.5. The Kier molecular flexibility index (Phi) is 5.37. The van der Waals surface area contributed by atoms with Crippen LogP contribution in [0.4, 0.5) is 9.18 Å². The Morgan fingerprint density at radius 1 is 1.41 bits per heavy atom. The third kappa shape index (κ3) is 3.75. The first-order chi connectivity index (χ1) is 10.4. The smallest absolute Gasteiger partial charge is 0.324 e. The molecule has 1 saturated heterocycles. The molecule has 5 nitrogen and oxygen atoms in total. The Morgan fingerprint density at radius 2 is 2.14 bits per heavy atom. The summed E-state index contributed by atoms with van der Waals surface area (Å²) in [7, 11) is 0. The Balaban J connectivity index is 2.00. The number of imide groups is 1. The predicted molar refractivity (Wildman–Crippen MR) is 82.1 cm³/mol. The number of urea groups is 1. The lowest BCUT2D eigenvalue weighted by molar-refractivity contribution is -0.124. The van der Waals surface area contributed by atoms with Gasteiger partial charge in [0.05, 0.1) is 6.54 Å². The molecule has 7 heteroatoms. The van der Waals surface area contributed by atoms with Crippen molar-refractivity contribution in [2.24, 2.45) is 5.92 Å². The predicted octanol–water partition coefficient (Wildman–Crippen LogP) is 2.32. The second-order valence-corrected chi connectivity index (χ2v) is 5.98. The highest BCUT2D eigenvalue weighted by molar-refractivity contribution is 6.30. The zero-order valence-corrected chi connectivity index (χ0v) is 13.3. The summed E-state index contributed by atoms with van der Waals surface area (Å²) in [5, 5.41) is 6.02. The van der Waals surface area contributed by atoms with Crippen molar-refractivity contribution in [3.05, 3.63) is 34.6 Å². The number of amides is 3. The normalized spacial score (nSPS) is 16.3. The van der Waals surface area contributed by atoms with E-state index in [1.165, 1.54) is 6.07 Å². The van der Waals surface area contributed by atoms with Gasteiger partial charge in [0.25, 0.3) is 0 Å². The minimum Gasteiger partial charge on any atom is -0.329 e. The molecule has 1 aliphatic rings. The number of nitrogens with zero attached hydrogens (tertiary/aromatic N) is 1. The van der Waals surface area contributed by atoms with E-state index in [9.17, 15) is 14.0 Å². The van der Waals surface area contributed by atoms with E-state index < -0.39 is 0 Å². The molecule has 3 amide bonds. The highest BCUT2D eigenvalue weighted by Crippen LogP contribution is 2.26. The largest absolute Gasteiger partial charge is 0.329 e. The number of hydrogen-bond donors (Lipinski definition) is 2. The molecule has 22 heavy (non-hydrogen) atoms. The quantitative estimate of drug-likeness (QED) is 0.788. The van der Waals surface area contributed by atoms with E-state index >= 15 is 0 Å². The fourth-order valence-electron chi connectivity index (χ4n) is 2.47. The lowest BCUT2D eigenvalue weighted by Gasteiger charge is -2.24. The molecule has 0 unspecified atom stereocenters. The molecule has 120 valence electrons. The zero-order chi connectivity index (χ0) is 16.3. The number of halogens is 2. The maximum absolute atomic E-state index is 14.1. The number of benzene rings is 1. The van der Waals surface area contributed by atoms with Crippen LogP contribution in [0.5, 0.6) is 0 Å². The third-order valence-corrected chi connectivity index (χ3v) is 3.84. The lowest BCUT2D eigenvalue weighted by Crippen LogP contribution is -2.39. The molecule has 0 aromatic heterocycles. The van der Waals surface area contributed by atoms with Crippen LogP contribution in [-0.2, 0) is 4.79 Å². The van der Waals surface area contributed by atoms with E-state index in [0.29, 0.717) is 17.1 Å². The van der Waals surface area contributed by atoms with E-state index in [2.05, 4.69) is 10.6 Å². The van der Waals surface area contributed by atoms with Crippen LogP contribution in [-0.4, -0.2) is 36.5 Å². The fourth-order valence-corrected chi connectivity index (χ4v) is 2.63. The average molecular weight is 328 g/mol. The lowest BCUT2D eigenvalue weighted by atomic mass is 9.95. The van der Waals surface area contributed by atoms with Gasteiger partial charge in [-0.1, -0.05) is 31.5 Å². The second kappa shape index (κ2) is 7.07. The minimum absolute atomic E-state index is 0.0399. The van der Waals surface area contributed by atoms with Crippen molar-refractivity contribution in [3.63, 3.8) is 0 Å². The molecule has 0 aliphatic carbocycles. The number of carbonyl (C=O) groups excluding carboxylic acids is 2. The van der Waals surface area contributed by atoms with Gasteiger partial charge in [-0.2, -0.15) is 0 Å². The Hall–Kier alpha value is -1.66. The van der Waals surface area contributed by atoms with Gasteiger partial charge in [-0.3, -0.25) is 9.69 Å². The summed E-state index contributed by atoms with van der Waals surface area (Å²) in [6, 6.07) is 3.98. The number of carbonyl (C=O) groups is 2. The van der Waals surface area contributed by atoms with Crippen LogP contribution in [0, 0.1) is 11.7 Å². The standard InChI is InChI=1S/C15H19ClFN3O2/c1-9(2)14(11-4-3-10(16)7-12(11)17)18-5-6-20-13(21)8-19-15(20)22/h3-4,7,9,14,18H,5-6,8H2,1-2H3,(H,19,22)/t14-/m0/s1. The Morgan fingerprint density at radius 3 is 2.68 bits per heavy atom. The number of nitrogens with one attached hydrogen (secondary N) is 2. The van der Waals surface area contributed by atoms with Crippen LogP contribution in [0.1, 0.15) is 25.5 Å². The first-order valence-electron chi connectivity index (χ1n) is 7.16. The maximum Gasteiger partial charge on any atom is 0.324 e. The van der Waals surface area contributed by atoms with Gasteiger partial charge in [0.15, 0.2) is 0 Å². The summed E-state index contributed by atoms with van der Waals surface area (Å²) in [5.41, 5.74) is 0.525. The third-order valence-electron chi connectivity index (χ3n) is 3.60. The first kappa shape index (κ1) is 16.7. The van der Waals surface area contributed by atoms with E-state index in [1.54, 1.807) is 12.1 Å². The molecule has 2 N–H and O–H groups in total. The number of rotatable bonds is 6. The van der Waals surface area contributed by atoms with Crippen LogP contribution < -0.4 is 10.6 Å². The molecule has 1 aromatic carbocycles. The SMILES string of the molecule is CC(C)[C@H](NCCN1C(=O)CNC1=O)c1ccc(Cl)cc1F. The van der Waals surface area contributed by atoms with E-state index in [1.807, 2.05) is 13.8 Å². The molecule has 0 spiro atoms. The second-order valence-electron chi connectivity index (χ2n) is 5.55. The van der Waals surface area contributed by atoms with Crippen LogP contribution in [0.25, 0.3) is 0 Å². The summed E-state index contributed by atoms with van der Waals surface area (Å²) < 4.78 is 14.1. The molecule has 0 saturated carbocycles. The van der Waals surface area contributed by atoms with Gasteiger partial charge in [-0.15, -0.1) is 0 Å². The number of hydrogen-bond acceptors (Lipinski definition) is 3. The first-order valence-corrected chi connectivity index (χ1v) is 7.54. The van der Waals surface area contributed by atoms with Crippen molar-refractivity contribution >= 4 is 23.5 Å². The van der Waals surface area contributed by atoms with Gasteiger partial charge in [0, 0.05) is 29.7 Å². The van der Waals surface area contributed by atoms with Crippen molar-refractivity contribution in [2.45, 2.75) is 19.9 Å². The molecule has 1 aliphatic heterocycles. The summed E-state index contributed by atoms with van der Waals surface area (Å²) in [6.45, 7) is 4.63. The molecular weight excluding hydrogens is 309 g/mol. The molecule has 1 fully saturated rings. The maximum atomic E-state index is 14.1. The van der Waals surface area contributed by atoms with Gasteiger partial charge in [-0.05, 0) is 18.1 Å². The monoisotopic (exact) mass is 327 g/mol. The van der Waals surface area contributed by atoms with Gasteiger partial charge in [0.1, 0.15) is 5.82 Å². The van der Waals surface area contributed by atoms with Gasteiger partial charge >= 0.3 is 6.03 Å². The molecule has 0 bridgehead atoms. The molecular formula is C15H19ClFN3O2. The summed E-state index contributed by atoms with van der Waals surface area (Å²) >= 11 is 5.77. The summed E-state index contributed by atoms with van der Waals surface area (Å²) in [4.78, 5) is 24.1. The van der Waals surface area contributed by atoms with Crippen molar-refractivity contribution in [1.29, 1.82) is 0 Å². The fraction of sp³-hybridized carbons (Fsp3) is 0.467. The Bertz CT molecular complexity index is 564. The Labute approximate surface area is 133 Å². The van der Waals surface area contributed by atoms with Crippen molar-refractivity contribution in [3.8, 4) is 0 Å². The van der Waals surface area contributed by atoms with Gasteiger partial charge < -0.3 is 10.6 Å². The summed E-state index contributed by atoms with van der Waals surface area (Å²) in [5.74, 6) is -0.474. The van der Waals surface area contributed by atoms with Crippen LogP contribution in [0.3, 0.4) is 0 Å². The topological polar surface area (TPSA) is 61.4 Å². The van der Waals surface area contributed by atoms with E-state index in [0.717, 1.165) is 4.90 Å². The van der Waals surface area contributed by atoms with E-state index in [4.69, 9.17) is 11.6 Å². The van der Waals surface area contributed by atoms with Crippen LogP contribution in [0.15, 0.2) is 18.2 Å². The van der Waals surface area contributed by atoms with Crippen LogP contribution >= 0.6 is 11.6 Å². The average Bonchev–Trinajstić information content (AvgIpc) is 2.76. The molecule has 1 atom stereocenters. The molecule has 0 radical (unpaired) electrons. The molecule has 1 heterocycles. The molecule has 1 aromatic rings. The van der Waals surface area contributed by atoms with Crippen molar-refractivity contribution in [2.75, 3.05) is 19.6 Å². The van der Waals surface area contributed by atoms with Gasteiger partial charge in [-0.25, -0.2) is 9.18 Å². The van der Waals surface area contributed by atoms with Gasteiger partial charge in [0.2, 0.25) is 5.91 Å². The van der Waals surface area contributed by atoms with E-state index in [-0.39, 0.29) is 42.8 Å². The van der Waals surface area contributed by atoms with Crippen LogP contribution in [0.2, 0.25) is 5.02 Å². The minimum atomic E-state index is -0.384. The molecule has 2 rings (SSSR count). The van der Waals surface area contributed by atoms with Crippen molar-refractivity contribution < 1.29 is 14.0 Å².